The van der Waals surface area contributed by atoms with Gasteiger partial charge in [-0.1, -0.05) is 97.1 Å². The first-order valence-electron chi connectivity index (χ1n) is 14.6. The second-order valence-corrected chi connectivity index (χ2v) is 10.6. The van der Waals surface area contributed by atoms with Crippen LogP contribution in [-0.4, -0.2) is 14.5 Å². The van der Waals surface area contributed by atoms with E-state index in [2.05, 4.69) is 89.5 Å². The van der Waals surface area contributed by atoms with Crippen LogP contribution in [0.3, 0.4) is 0 Å². The molecule has 0 spiro atoms. The van der Waals surface area contributed by atoms with Crippen molar-refractivity contribution < 1.29 is 21.1 Å². The number of aromatic nitrogens is 3. The minimum atomic E-state index is 0. The van der Waals surface area contributed by atoms with Crippen LogP contribution in [0.15, 0.2) is 158 Å². The minimum Gasteiger partial charge on any atom is -0.657 e. The Balaban J connectivity index is 0.00000325. The van der Waals surface area contributed by atoms with E-state index in [0.717, 1.165) is 72.6 Å². The van der Waals surface area contributed by atoms with Gasteiger partial charge >= 0.3 is 21.1 Å². The zero-order valence-corrected chi connectivity index (χ0v) is 26.4. The van der Waals surface area contributed by atoms with Gasteiger partial charge in [-0.25, -0.2) is 0 Å². The van der Waals surface area contributed by atoms with Crippen LogP contribution >= 0.6 is 0 Å². The Bertz CT molecular complexity index is 2260. The third-order valence-corrected chi connectivity index (χ3v) is 7.91. The number of hydrogen-bond acceptors (Lipinski definition) is 2. The van der Waals surface area contributed by atoms with Gasteiger partial charge in [0.15, 0.2) is 0 Å². The molecule has 0 saturated carbocycles. The number of hydrogen-bond donors (Lipinski definition) is 0. The summed E-state index contributed by atoms with van der Waals surface area (Å²) in [7, 11) is 0. The SMILES string of the molecule is [Pt+2].[c-]1ccccc1-c1cccc(-c2ccccc2[N-]c2ccccc2-c2nccc3c2c2ccccc2n3-c2ccccc2)n1. The molecule has 0 bridgehead atoms. The molecular weight excluding hydrogens is 732 g/mol. The molecule has 4 nitrogen and oxygen atoms in total. The number of nitrogens with zero attached hydrogens (tertiary/aromatic N) is 4. The molecule has 3 aromatic heterocycles. The fourth-order valence-corrected chi connectivity index (χ4v) is 5.95. The number of fused-ring (bicyclic) bond motifs is 3. The number of rotatable bonds is 6. The predicted molar refractivity (Wildman–Crippen MR) is 181 cm³/mol. The van der Waals surface area contributed by atoms with E-state index in [1.54, 1.807) is 0 Å². The van der Waals surface area contributed by atoms with Gasteiger partial charge in [0.1, 0.15) is 0 Å². The summed E-state index contributed by atoms with van der Waals surface area (Å²) >= 11 is 0. The van der Waals surface area contributed by atoms with E-state index in [1.165, 1.54) is 0 Å². The maximum absolute atomic E-state index is 5.25. The quantitative estimate of drug-likeness (QED) is 0.159. The average Bonchev–Trinajstić information content (AvgIpc) is 3.44. The average molecular weight is 758 g/mol. The first-order valence-corrected chi connectivity index (χ1v) is 14.6. The maximum atomic E-state index is 5.25. The Morgan fingerprint density at radius 2 is 1.24 bits per heavy atom. The van der Waals surface area contributed by atoms with Gasteiger partial charge in [0.2, 0.25) is 0 Å². The molecule has 0 aliphatic heterocycles. The van der Waals surface area contributed by atoms with E-state index in [-0.39, 0.29) is 21.1 Å². The fourth-order valence-electron chi connectivity index (χ4n) is 5.95. The molecule has 5 aromatic carbocycles. The minimum absolute atomic E-state index is 0. The van der Waals surface area contributed by atoms with Gasteiger partial charge in [0.05, 0.1) is 22.4 Å². The van der Waals surface area contributed by atoms with Gasteiger partial charge in [0.25, 0.3) is 0 Å². The molecule has 0 radical (unpaired) electrons. The normalized spacial score (nSPS) is 10.9. The summed E-state index contributed by atoms with van der Waals surface area (Å²) in [6, 6.07) is 54.8. The van der Waals surface area contributed by atoms with E-state index in [1.807, 2.05) is 79.0 Å². The van der Waals surface area contributed by atoms with Crippen molar-refractivity contribution in [2.45, 2.75) is 0 Å². The second kappa shape index (κ2) is 12.4. The molecule has 0 aliphatic carbocycles. The van der Waals surface area contributed by atoms with Crippen molar-refractivity contribution in [3.05, 3.63) is 169 Å². The molecule has 0 atom stereocenters. The molecule has 0 aliphatic rings. The Morgan fingerprint density at radius 3 is 2.07 bits per heavy atom. The van der Waals surface area contributed by atoms with Crippen molar-refractivity contribution in [2.24, 2.45) is 0 Å². The summed E-state index contributed by atoms with van der Waals surface area (Å²) in [5, 5.41) is 7.52. The summed E-state index contributed by atoms with van der Waals surface area (Å²) in [6.07, 6.45) is 1.90. The van der Waals surface area contributed by atoms with Gasteiger partial charge in [0, 0.05) is 22.7 Å². The molecule has 8 rings (SSSR count). The standard InChI is InChI=1S/C40H26N4.Pt/c1-3-14-28(15-4-1)33-23-13-24-35(42-33)30-18-7-10-21-34(30)43-36-22-11-8-19-31(36)40-39-32-20-9-12-25-37(32)44(38(39)26-27-41-40)29-16-5-2-6-17-29;/h1-14,16-27H;/q-2;+2. The summed E-state index contributed by atoms with van der Waals surface area (Å²) in [6.45, 7) is 0. The monoisotopic (exact) mass is 757 g/mol. The maximum Gasteiger partial charge on any atom is 2.00 e. The molecule has 0 unspecified atom stereocenters. The van der Waals surface area contributed by atoms with Gasteiger partial charge in [-0.15, -0.1) is 47.3 Å². The van der Waals surface area contributed by atoms with Crippen molar-refractivity contribution in [3.8, 4) is 39.5 Å². The van der Waals surface area contributed by atoms with Crippen LogP contribution in [-0.2, 0) is 21.1 Å². The van der Waals surface area contributed by atoms with Crippen LogP contribution in [0.2, 0.25) is 0 Å². The van der Waals surface area contributed by atoms with Crippen molar-refractivity contribution in [3.63, 3.8) is 0 Å². The van der Waals surface area contributed by atoms with Gasteiger partial charge in [-0.2, -0.15) is 0 Å². The summed E-state index contributed by atoms with van der Waals surface area (Å²) in [5.74, 6) is 0. The Hall–Kier alpha value is -5.31. The van der Waals surface area contributed by atoms with Crippen molar-refractivity contribution in [1.82, 2.24) is 14.5 Å². The zero-order valence-electron chi connectivity index (χ0n) is 24.1. The van der Waals surface area contributed by atoms with Crippen LogP contribution in [0.25, 0.3) is 66.6 Å². The summed E-state index contributed by atoms with van der Waals surface area (Å²) in [5.41, 5.74) is 10.6. The third-order valence-electron chi connectivity index (χ3n) is 7.91. The molecule has 3 heterocycles. The van der Waals surface area contributed by atoms with Crippen molar-refractivity contribution in [2.75, 3.05) is 0 Å². The number of pyridine rings is 2. The van der Waals surface area contributed by atoms with E-state index in [4.69, 9.17) is 15.3 Å². The van der Waals surface area contributed by atoms with Gasteiger partial charge < -0.3 is 9.88 Å². The summed E-state index contributed by atoms with van der Waals surface area (Å²) < 4.78 is 2.31. The molecule has 8 aromatic rings. The van der Waals surface area contributed by atoms with E-state index in [9.17, 15) is 0 Å². The van der Waals surface area contributed by atoms with Crippen LogP contribution < -0.4 is 0 Å². The smallest absolute Gasteiger partial charge is 0.657 e. The van der Waals surface area contributed by atoms with E-state index >= 15 is 0 Å². The first kappa shape index (κ1) is 28.5. The van der Waals surface area contributed by atoms with E-state index in [0.29, 0.717) is 0 Å². The van der Waals surface area contributed by atoms with Crippen molar-refractivity contribution in [1.29, 1.82) is 0 Å². The number of benzene rings is 5. The molecule has 0 amide bonds. The van der Waals surface area contributed by atoms with Crippen LogP contribution in [0.1, 0.15) is 0 Å². The fraction of sp³-hybridized carbons (Fsp3) is 0. The first-order chi connectivity index (χ1) is 21.8. The van der Waals surface area contributed by atoms with Gasteiger partial charge in [-0.05, 0) is 47.2 Å². The number of para-hydroxylation sites is 4. The molecule has 216 valence electrons. The second-order valence-electron chi connectivity index (χ2n) is 10.6. The molecule has 0 fully saturated rings. The molecule has 45 heavy (non-hydrogen) atoms. The van der Waals surface area contributed by atoms with Gasteiger partial charge in [-0.3, -0.25) is 9.97 Å². The predicted octanol–water partition coefficient (Wildman–Crippen LogP) is 10.7. The molecule has 5 heteroatoms. The topological polar surface area (TPSA) is 44.8 Å². The zero-order chi connectivity index (χ0) is 29.3. The molecule has 0 saturated heterocycles. The van der Waals surface area contributed by atoms with Crippen LogP contribution in [0.4, 0.5) is 11.4 Å². The van der Waals surface area contributed by atoms with E-state index < -0.39 is 0 Å². The largest absolute Gasteiger partial charge is 2.00 e. The Labute approximate surface area is 276 Å². The molecule has 0 N–H and O–H groups in total. The molecular formula is C40H26N4Pt. The van der Waals surface area contributed by atoms with Crippen molar-refractivity contribution >= 4 is 33.2 Å². The third kappa shape index (κ3) is 5.24. The Kier molecular flexibility index (Phi) is 7.81. The summed E-state index contributed by atoms with van der Waals surface area (Å²) in [4.78, 5) is 9.97. The van der Waals surface area contributed by atoms with Crippen LogP contribution in [0, 0.1) is 6.07 Å². The van der Waals surface area contributed by atoms with Crippen LogP contribution in [0.5, 0.6) is 0 Å². The Morgan fingerprint density at radius 1 is 0.556 bits per heavy atom.